The van der Waals surface area contributed by atoms with E-state index >= 15 is 0 Å². The molecule has 8 heteroatoms. The molecule has 1 saturated heterocycles. The normalized spacial score (nSPS) is 16.9. The molecular weight excluding hydrogens is 360 g/mol. The van der Waals surface area contributed by atoms with Crippen LogP contribution in [-0.4, -0.2) is 42.5 Å². The Bertz CT molecular complexity index is 1070. The predicted octanol–water partition coefficient (Wildman–Crippen LogP) is 3.25. The summed E-state index contributed by atoms with van der Waals surface area (Å²) in [6, 6.07) is 15.5. The highest BCUT2D eigenvalue weighted by Crippen LogP contribution is 2.37. The fourth-order valence-corrected chi connectivity index (χ4v) is 4.64. The summed E-state index contributed by atoms with van der Waals surface area (Å²) in [6.45, 7) is 0.745. The molecule has 4 aromatic rings. The Morgan fingerprint density at radius 2 is 2.07 bits per heavy atom. The lowest BCUT2D eigenvalue weighted by Crippen LogP contribution is -2.30. The minimum absolute atomic E-state index is 0.0201. The summed E-state index contributed by atoms with van der Waals surface area (Å²) < 4.78 is 2.71. The zero-order valence-electron chi connectivity index (χ0n) is 14.4. The van der Waals surface area contributed by atoms with E-state index in [1.54, 1.807) is 16.0 Å². The summed E-state index contributed by atoms with van der Waals surface area (Å²) in [5, 5.41) is 12.2. The number of tetrazole rings is 1. The van der Waals surface area contributed by atoms with Crippen molar-refractivity contribution in [2.45, 2.75) is 18.9 Å². The van der Waals surface area contributed by atoms with Gasteiger partial charge in [0.25, 0.3) is 5.91 Å². The lowest BCUT2D eigenvalue weighted by atomic mass is 10.1. The lowest BCUT2D eigenvalue weighted by Gasteiger charge is -2.23. The molecule has 1 atom stereocenters. The maximum Gasteiger partial charge on any atom is 0.254 e. The number of aromatic nitrogens is 5. The average molecular weight is 376 g/mol. The number of thiazole rings is 1. The molecule has 0 spiro atoms. The van der Waals surface area contributed by atoms with Crippen LogP contribution in [0, 0.1) is 0 Å². The molecule has 2 aromatic heterocycles. The number of rotatable bonds is 3. The van der Waals surface area contributed by atoms with E-state index in [4.69, 9.17) is 4.98 Å². The molecule has 1 fully saturated rings. The summed E-state index contributed by atoms with van der Waals surface area (Å²) >= 11 is 1.68. The minimum atomic E-state index is 0.0201. The van der Waals surface area contributed by atoms with Gasteiger partial charge in [0.05, 0.1) is 21.9 Å². The van der Waals surface area contributed by atoms with Crippen molar-refractivity contribution < 1.29 is 4.79 Å². The maximum absolute atomic E-state index is 13.2. The molecule has 2 aromatic carbocycles. The highest BCUT2D eigenvalue weighted by molar-refractivity contribution is 7.18. The van der Waals surface area contributed by atoms with Crippen molar-refractivity contribution in [2.24, 2.45) is 0 Å². The van der Waals surface area contributed by atoms with Gasteiger partial charge in [0.15, 0.2) is 0 Å². The average Bonchev–Trinajstić information content (AvgIpc) is 3.47. The van der Waals surface area contributed by atoms with E-state index in [1.807, 2.05) is 47.4 Å². The monoisotopic (exact) mass is 376 g/mol. The molecule has 5 rings (SSSR count). The van der Waals surface area contributed by atoms with Crippen LogP contribution in [0.25, 0.3) is 15.9 Å². The number of carbonyl (C=O) groups excluding carboxylic acids is 1. The van der Waals surface area contributed by atoms with Gasteiger partial charge >= 0.3 is 0 Å². The molecule has 0 radical (unpaired) electrons. The number of benzene rings is 2. The van der Waals surface area contributed by atoms with E-state index in [-0.39, 0.29) is 11.9 Å². The van der Waals surface area contributed by atoms with Gasteiger partial charge in [-0.1, -0.05) is 18.2 Å². The van der Waals surface area contributed by atoms with Crippen LogP contribution in [0.4, 0.5) is 0 Å². The van der Waals surface area contributed by atoms with E-state index in [0.29, 0.717) is 5.56 Å². The smallest absolute Gasteiger partial charge is 0.254 e. The second-order valence-corrected chi connectivity index (χ2v) is 7.54. The SMILES string of the molecule is O=C(c1cccc(-n2cnnn2)c1)N1CCC[C@@H]1c1nc2ccccc2s1. The van der Waals surface area contributed by atoms with E-state index < -0.39 is 0 Å². The van der Waals surface area contributed by atoms with Crippen LogP contribution < -0.4 is 0 Å². The number of hydrogen-bond acceptors (Lipinski definition) is 6. The fraction of sp³-hybridized carbons (Fsp3) is 0.211. The molecule has 1 aliphatic rings. The summed E-state index contributed by atoms with van der Waals surface area (Å²) in [5.41, 5.74) is 2.40. The first-order valence-electron chi connectivity index (χ1n) is 8.79. The van der Waals surface area contributed by atoms with Crippen molar-refractivity contribution in [3.05, 3.63) is 65.4 Å². The van der Waals surface area contributed by atoms with E-state index in [2.05, 4.69) is 21.6 Å². The van der Waals surface area contributed by atoms with Crippen molar-refractivity contribution in [1.29, 1.82) is 0 Å². The number of amides is 1. The van der Waals surface area contributed by atoms with Gasteiger partial charge < -0.3 is 4.90 Å². The van der Waals surface area contributed by atoms with Crippen LogP contribution in [0.3, 0.4) is 0 Å². The molecule has 1 amide bonds. The number of hydrogen-bond donors (Lipinski definition) is 0. The first-order valence-corrected chi connectivity index (χ1v) is 9.61. The van der Waals surface area contributed by atoms with Crippen molar-refractivity contribution in [3.63, 3.8) is 0 Å². The molecule has 0 aliphatic carbocycles. The first kappa shape index (κ1) is 16.1. The third-order valence-corrected chi connectivity index (χ3v) is 5.95. The standard InChI is InChI=1S/C19H16N6OS/c26-19(13-5-3-6-14(11-13)25-12-20-22-23-25)24-10-4-8-16(24)18-21-15-7-1-2-9-17(15)27-18/h1-3,5-7,9,11-12,16H,4,8,10H2/t16-/m1/s1. The zero-order valence-corrected chi connectivity index (χ0v) is 15.2. The highest BCUT2D eigenvalue weighted by atomic mass is 32.1. The largest absolute Gasteiger partial charge is 0.329 e. The third-order valence-electron chi connectivity index (χ3n) is 4.82. The predicted molar refractivity (Wildman–Crippen MR) is 102 cm³/mol. The molecule has 7 nitrogen and oxygen atoms in total. The Morgan fingerprint density at radius 3 is 2.93 bits per heavy atom. The second-order valence-electron chi connectivity index (χ2n) is 6.48. The van der Waals surface area contributed by atoms with E-state index in [9.17, 15) is 4.79 Å². The van der Waals surface area contributed by atoms with E-state index in [0.717, 1.165) is 40.3 Å². The van der Waals surface area contributed by atoms with Gasteiger partial charge in [-0.3, -0.25) is 4.79 Å². The second kappa shape index (κ2) is 6.55. The molecule has 1 aliphatic heterocycles. The van der Waals surface area contributed by atoms with Crippen molar-refractivity contribution >= 4 is 27.5 Å². The van der Waals surface area contributed by atoms with Crippen LogP contribution in [0.1, 0.15) is 34.2 Å². The Labute approximate surface area is 159 Å². The third kappa shape index (κ3) is 2.87. The van der Waals surface area contributed by atoms with Gasteiger partial charge in [-0.2, -0.15) is 0 Å². The summed E-state index contributed by atoms with van der Waals surface area (Å²) in [7, 11) is 0. The van der Waals surface area contributed by atoms with E-state index in [1.165, 1.54) is 6.33 Å². The Morgan fingerprint density at radius 1 is 1.15 bits per heavy atom. The fourth-order valence-electron chi connectivity index (χ4n) is 3.53. The molecule has 134 valence electrons. The van der Waals surface area contributed by atoms with Crippen LogP contribution in [-0.2, 0) is 0 Å². The molecule has 3 heterocycles. The molecule has 0 bridgehead atoms. The number of nitrogens with zero attached hydrogens (tertiary/aromatic N) is 6. The first-order chi connectivity index (χ1) is 13.3. The molecular formula is C19H16N6OS. The van der Waals surface area contributed by atoms with Gasteiger partial charge in [-0.15, -0.1) is 16.4 Å². The summed E-state index contributed by atoms with van der Waals surface area (Å²) in [5.74, 6) is 0.0201. The van der Waals surface area contributed by atoms with Crippen molar-refractivity contribution in [3.8, 4) is 5.69 Å². The summed E-state index contributed by atoms with van der Waals surface area (Å²) in [6.07, 6.45) is 3.45. The van der Waals surface area contributed by atoms with Gasteiger partial charge in [-0.05, 0) is 53.6 Å². The Kier molecular flexibility index (Phi) is 3.90. The number of likely N-dealkylation sites (tertiary alicyclic amines) is 1. The Hall–Kier alpha value is -3.13. The van der Waals surface area contributed by atoms with Gasteiger partial charge in [-0.25, -0.2) is 9.67 Å². The van der Waals surface area contributed by atoms with Gasteiger partial charge in [0, 0.05) is 12.1 Å². The number of carbonyl (C=O) groups is 1. The highest BCUT2D eigenvalue weighted by Gasteiger charge is 2.32. The topological polar surface area (TPSA) is 76.8 Å². The minimum Gasteiger partial charge on any atom is -0.329 e. The van der Waals surface area contributed by atoms with Crippen LogP contribution in [0.15, 0.2) is 54.9 Å². The Balaban J connectivity index is 1.46. The molecule has 27 heavy (non-hydrogen) atoms. The van der Waals surface area contributed by atoms with Gasteiger partial charge in [0.1, 0.15) is 11.3 Å². The quantitative estimate of drug-likeness (QED) is 0.549. The van der Waals surface area contributed by atoms with Crippen molar-refractivity contribution in [1.82, 2.24) is 30.1 Å². The van der Waals surface area contributed by atoms with Crippen LogP contribution in [0.2, 0.25) is 0 Å². The van der Waals surface area contributed by atoms with Crippen LogP contribution in [0.5, 0.6) is 0 Å². The molecule has 0 unspecified atom stereocenters. The number of para-hydroxylation sites is 1. The zero-order chi connectivity index (χ0) is 18.2. The molecule has 0 saturated carbocycles. The lowest BCUT2D eigenvalue weighted by molar-refractivity contribution is 0.0735. The summed E-state index contributed by atoms with van der Waals surface area (Å²) in [4.78, 5) is 19.9. The maximum atomic E-state index is 13.2. The molecule has 0 N–H and O–H groups in total. The van der Waals surface area contributed by atoms with Crippen molar-refractivity contribution in [2.75, 3.05) is 6.54 Å². The van der Waals surface area contributed by atoms with Crippen LogP contribution >= 0.6 is 11.3 Å². The van der Waals surface area contributed by atoms with Gasteiger partial charge in [0.2, 0.25) is 0 Å². The number of fused-ring (bicyclic) bond motifs is 1.